The molecule has 0 amide bonds. The second-order valence-corrected chi connectivity index (χ2v) is 8.23. The van der Waals surface area contributed by atoms with Crippen LogP contribution in [0.4, 0.5) is 0 Å². The van der Waals surface area contributed by atoms with E-state index in [4.69, 9.17) is 4.18 Å². The molecule has 0 fully saturated rings. The Labute approximate surface area is 150 Å². The Morgan fingerprint density at radius 2 is 1.88 bits per heavy atom. The molecule has 3 aromatic rings. The van der Waals surface area contributed by atoms with E-state index in [0.717, 1.165) is 32.9 Å². The number of nitrogens with one attached hydrogen (secondary N) is 1. The fourth-order valence-corrected chi connectivity index (χ4v) is 3.87. The third-order valence-corrected chi connectivity index (χ3v) is 5.69. The maximum atomic E-state index is 12.1. The van der Waals surface area contributed by atoms with Gasteiger partial charge in [0.2, 0.25) is 0 Å². The van der Waals surface area contributed by atoms with Gasteiger partial charge in [0.05, 0.1) is 11.5 Å². The fraction of sp³-hybridized carbons (Fsp3) is 0.222. The maximum Gasteiger partial charge on any atom is 0.296 e. The van der Waals surface area contributed by atoms with E-state index >= 15 is 0 Å². The summed E-state index contributed by atoms with van der Waals surface area (Å²) >= 11 is 3.47. The zero-order valence-corrected chi connectivity index (χ0v) is 15.7. The van der Waals surface area contributed by atoms with E-state index in [1.54, 1.807) is 24.3 Å². The van der Waals surface area contributed by atoms with E-state index in [0.29, 0.717) is 6.42 Å². The second kappa shape index (κ2) is 7.09. The zero-order valence-electron chi connectivity index (χ0n) is 13.3. The first-order chi connectivity index (χ1) is 11.5. The molecule has 0 aliphatic carbocycles. The highest BCUT2D eigenvalue weighted by Crippen LogP contribution is 2.23. The first kappa shape index (κ1) is 17.2. The van der Waals surface area contributed by atoms with Gasteiger partial charge in [0.15, 0.2) is 0 Å². The zero-order chi connectivity index (χ0) is 17.2. The minimum atomic E-state index is -3.68. The molecular formula is C18H18BrNO3S. The van der Waals surface area contributed by atoms with Crippen LogP contribution in [-0.2, 0) is 20.7 Å². The molecule has 0 bridgehead atoms. The van der Waals surface area contributed by atoms with Crippen LogP contribution < -0.4 is 0 Å². The lowest BCUT2D eigenvalue weighted by molar-refractivity contribution is 0.312. The standard InChI is InChI=1S/C18H18BrNO3S/c1-13-4-7-16(8-5-13)24(21,22)23-10-2-3-14-12-20-18-9-6-15(19)11-17(14)18/h4-9,11-12,20H,2-3,10H2,1H3. The summed E-state index contributed by atoms with van der Waals surface area (Å²) in [6.07, 6.45) is 3.34. The van der Waals surface area contributed by atoms with Crippen molar-refractivity contribution >= 4 is 37.0 Å². The maximum absolute atomic E-state index is 12.1. The summed E-state index contributed by atoms with van der Waals surface area (Å²) in [5.41, 5.74) is 3.24. The highest BCUT2D eigenvalue weighted by atomic mass is 79.9. The second-order valence-electron chi connectivity index (χ2n) is 5.70. The van der Waals surface area contributed by atoms with Crippen molar-refractivity contribution in [1.29, 1.82) is 0 Å². The third kappa shape index (κ3) is 3.88. The highest BCUT2D eigenvalue weighted by Gasteiger charge is 2.14. The van der Waals surface area contributed by atoms with Crippen molar-refractivity contribution < 1.29 is 12.6 Å². The molecule has 1 heterocycles. The number of H-pyrrole nitrogens is 1. The lowest BCUT2D eigenvalue weighted by Crippen LogP contribution is -2.08. The van der Waals surface area contributed by atoms with Gasteiger partial charge in [0.1, 0.15) is 0 Å². The van der Waals surface area contributed by atoms with E-state index in [1.165, 1.54) is 0 Å². The van der Waals surface area contributed by atoms with Crippen LogP contribution in [0.15, 0.2) is 58.0 Å². The highest BCUT2D eigenvalue weighted by molar-refractivity contribution is 9.10. The number of aromatic nitrogens is 1. The number of aryl methyl sites for hydroxylation is 2. The fourth-order valence-electron chi connectivity index (χ4n) is 2.56. The van der Waals surface area contributed by atoms with E-state index in [9.17, 15) is 8.42 Å². The molecule has 0 radical (unpaired) electrons. The molecule has 1 N–H and O–H groups in total. The Balaban J connectivity index is 1.60. The molecule has 6 heteroatoms. The predicted octanol–water partition coefficient (Wildman–Crippen LogP) is 4.58. The molecule has 0 aliphatic rings. The summed E-state index contributed by atoms with van der Waals surface area (Å²) < 4.78 is 30.4. The van der Waals surface area contributed by atoms with Crippen molar-refractivity contribution in [3.05, 3.63) is 64.3 Å². The number of halogens is 1. The van der Waals surface area contributed by atoms with Crippen LogP contribution in [0.2, 0.25) is 0 Å². The average Bonchev–Trinajstić information content (AvgIpc) is 2.94. The van der Waals surface area contributed by atoms with Gasteiger partial charge in [0.25, 0.3) is 10.1 Å². The number of aromatic amines is 1. The van der Waals surface area contributed by atoms with Crippen molar-refractivity contribution in [2.45, 2.75) is 24.7 Å². The van der Waals surface area contributed by atoms with Gasteiger partial charge < -0.3 is 4.98 Å². The van der Waals surface area contributed by atoms with Gasteiger partial charge in [-0.2, -0.15) is 8.42 Å². The average molecular weight is 408 g/mol. The van der Waals surface area contributed by atoms with Crippen molar-refractivity contribution in [3.63, 3.8) is 0 Å². The molecule has 3 rings (SSSR count). The first-order valence-corrected chi connectivity index (χ1v) is 9.87. The molecule has 0 atom stereocenters. The molecule has 126 valence electrons. The van der Waals surface area contributed by atoms with Gasteiger partial charge in [-0.1, -0.05) is 33.6 Å². The van der Waals surface area contributed by atoms with E-state index < -0.39 is 10.1 Å². The number of hydrogen-bond donors (Lipinski definition) is 1. The number of fused-ring (bicyclic) bond motifs is 1. The van der Waals surface area contributed by atoms with E-state index in [2.05, 4.69) is 27.0 Å². The summed E-state index contributed by atoms with van der Waals surface area (Å²) in [6, 6.07) is 12.7. The summed E-state index contributed by atoms with van der Waals surface area (Å²) in [4.78, 5) is 3.42. The molecule has 0 unspecified atom stereocenters. The summed E-state index contributed by atoms with van der Waals surface area (Å²) in [6.45, 7) is 2.08. The number of hydrogen-bond acceptors (Lipinski definition) is 3. The molecule has 1 aromatic heterocycles. The molecule has 24 heavy (non-hydrogen) atoms. The van der Waals surface area contributed by atoms with Gasteiger partial charge in [-0.3, -0.25) is 4.18 Å². The summed E-state index contributed by atoms with van der Waals surface area (Å²) in [7, 11) is -3.68. The van der Waals surface area contributed by atoms with Gasteiger partial charge in [-0.25, -0.2) is 0 Å². The minimum absolute atomic E-state index is 0.164. The van der Waals surface area contributed by atoms with Gasteiger partial charge >= 0.3 is 0 Å². The summed E-state index contributed by atoms with van der Waals surface area (Å²) in [5, 5.41) is 1.14. The van der Waals surface area contributed by atoms with Crippen LogP contribution >= 0.6 is 15.9 Å². The van der Waals surface area contributed by atoms with Crippen molar-refractivity contribution in [2.24, 2.45) is 0 Å². The predicted molar refractivity (Wildman–Crippen MR) is 98.6 cm³/mol. The van der Waals surface area contributed by atoms with Crippen LogP contribution in [0.5, 0.6) is 0 Å². The normalized spacial score (nSPS) is 11.9. The summed E-state index contributed by atoms with van der Waals surface area (Å²) in [5.74, 6) is 0. The lowest BCUT2D eigenvalue weighted by atomic mass is 10.1. The van der Waals surface area contributed by atoms with Gasteiger partial charge in [0, 0.05) is 21.6 Å². The largest absolute Gasteiger partial charge is 0.361 e. The molecule has 0 spiro atoms. The van der Waals surface area contributed by atoms with E-state index in [-0.39, 0.29) is 11.5 Å². The van der Waals surface area contributed by atoms with Crippen LogP contribution in [0.1, 0.15) is 17.5 Å². The molecule has 0 aliphatic heterocycles. The monoisotopic (exact) mass is 407 g/mol. The Morgan fingerprint density at radius 3 is 2.62 bits per heavy atom. The van der Waals surface area contributed by atoms with Gasteiger partial charge in [-0.05, 0) is 55.7 Å². The van der Waals surface area contributed by atoms with Crippen molar-refractivity contribution in [3.8, 4) is 0 Å². The molecule has 0 saturated heterocycles. The van der Waals surface area contributed by atoms with Crippen LogP contribution in [-0.4, -0.2) is 20.0 Å². The van der Waals surface area contributed by atoms with Crippen LogP contribution in [0, 0.1) is 6.92 Å². The molecule has 0 saturated carbocycles. The topological polar surface area (TPSA) is 59.2 Å². The lowest BCUT2D eigenvalue weighted by Gasteiger charge is -2.06. The van der Waals surface area contributed by atoms with Crippen LogP contribution in [0.3, 0.4) is 0 Å². The Hall–Kier alpha value is -1.63. The quantitative estimate of drug-likeness (QED) is 0.480. The number of rotatable bonds is 6. The smallest absolute Gasteiger partial charge is 0.296 e. The SMILES string of the molecule is Cc1ccc(S(=O)(=O)OCCCc2c[nH]c3ccc(Br)cc23)cc1. The van der Waals surface area contributed by atoms with Crippen molar-refractivity contribution in [2.75, 3.05) is 6.61 Å². The first-order valence-electron chi connectivity index (χ1n) is 7.67. The molecule has 4 nitrogen and oxygen atoms in total. The Morgan fingerprint density at radius 1 is 1.12 bits per heavy atom. The molecular weight excluding hydrogens is 390 g/mol. The Bertz CT molecular complexity index is 946. The molecule has 2 aromatic carbocycles. The van der Waals surface area contributed by atoms with Crippen molar-refractivity contribution in [1.82, 2.24) is 4.98 Å². The van der Waals surface area contributed by atoms with Gasteiger partial charge in [-0.15, -0.1) is 0 Å². The third-order valence-electron chi connectivity index (χ3n) is 3.87. The number of benzene rings is 2. The minimum Gasteiger partial charge on any atom is -0.361 e. The van der Waals surface area contributed by atoms with E-state index in [1.807, 2.05) is 25.3 Å². The Kier molecular flexibility index (Phi) is 5.08. The van der Waals surface area contributed by atoms with Crippen LogP contribution in [0.25, 0.3) is 10.9 Å².